The second-order valence-electron chi connectivity index (χ2n) is 16.9. The Morgan fingerprint density at radius 2 is 1.09 bits per heavy atom. The van der Waals surface area contributed by atoms with E-state index in [2.05, 4.69) is 203 Å². The second kappa shape index (κ2) is 11.8. The van der Waals surface area contributed by atoms with Gasteiger partial charge in [-0.15, -0.1) is 0 Å². The minimum absolute atomic E-state index is 0.130. The predicted octanol–water partition coefficient (Wildman–Crippen LogP) is 12.9. The molecule has 0 aliphatic heterocycles. The Morgan fingerprint density at radius 1 is 0.500 bits per heavy atom. The molecule has 0 fully saturated rings. The van der Waals surface area contributed by atoms with Crippen LogP contribution in [0.2, 0.25) is 0 Å². The molecule has 1 atom stereocenters. The fourth-order valence-electron chi connectivity index (χ4n) is 10.3. The van der Waals surface area contributed by atoms with Gasteiger partial charge in [0.15, 0.2) is 0 Å². The van der Waals surface area contributed by atoms with Crippen LogP contribution < -0.4 is 15.3 Å². The van der Waals surface area contributed by atoms with Crippen LogP contribution in [0.15, 0.2) is 156 Å². The maximum absolute atomic E-state index is 6.77. The van der Waals surface area contributed by atoms with Crippen LogP contribution in [0.4, 0.5) is 17.1 Å². The molecule has 0 saturated carbocycles. The number of fused-ring (bicyclic) bond motifs is 10. The molecule has 0 saturated heterocycles. The van der Waals surface area contributed by atoms with E-state index in [0.29, 0.717) is 0 Å². The molecule has 0 bridgehead atoms. The zero-order chi connectivity index (χ0) is 37.9. The summed E-state index contributed by atoms with van der Waals surface area (Å²) in [5, 5.41) is 3.61. The van der Waals surface area contributed by atoms with Crippen LogP contribution in [0, 0.1) is 0 Å². The summed E-state index contributed by atoms with van der Waals surface area (Å²) in [5.41, 5.74) is 18.4. The molecule has 2 nitrogen and oxygen atoms in total. The Bertz CT molecular complexity index is 3070. The lowest BCUT2D eigenvalue weighted by Gasteiger charge is -2.32. The van der Waals surface area contributed by atoms with E-state index in [1.807, 2.05) is 0 Å². The summed E-state index contributed by atoms with van der Waals surface area (Å²) < 4.78 is 6.77. The van der Waals surface area contributed by atoms with Crippen LogP contribution in [0.3, 0.4) is 0 Å². The van der Waals surface area contributed by atoms with Gasteiger partial charge in [0.05, 0.1) is 11.4 Å². The summed E-state index contributed by atoms with van der Waals surface area (Å²) in [6.07, 6.45) is 4.61. The molecular formula is C54H43NO. The molecule has 11 rings (SSSR count). The number of benzene rings is 7. The predicted molar refractivity (Wildman–Crippen MR) is 234 cm³/mol. The molecule has 0 unspecified atom stereocenters. The van der Waals surface area contributed by atoms with Crippen molar-refractivity contribution in [3.8, 4) is 33.4 Å². The lowest BCUT2D eigenvalue weighted by Crippen LogP contribution is -2.23. The van der Waals surface area contributed by atoms with Crippen LogP contribution in [-0.2, 0) is 10.8 Å². The molecule has 1 aromatic heterocycles. The van der Waals surface area contributed by atoms with Gasteiger partial charge in [-0.3, -0.25) is 0 Å². The number of hydrogen-bond acceptors (Lipinski definition) is 2. The highest BCUT2D eigenvalue weighted by atomic mass is 16.3. The van der Waals surface area contributed by atoms with E-state index >= 15 is 0 Å². The first-order valence-electron chi connectivity index (χ1n) is 19.9. The number of anilines is 3. The summed E-state index contributed by atoms with van der Waals surface area (Å²) >= 11 is 0. The van der Waals surface area contributed by atoms with Gasteiger partial charge in [0.1, 0.15) is 11.3 Å². The van der Waals surface area contributed by atoms with E-state index in [-0.39, 0.29) is 16.7 Å². The fourth-order valence-corrected chi connectivity index (χ4v) is 10.3. The van der Waals surface area contributed by atoms with Gasteiger partial charge in [0.2, 0.25) is 0 Å². The Balaban J connectivity index is 1.19. The molecule has 3 aliphatic carbocycles. The zero-order valence-corrected chi connectivity index (χ0v) is 32.5. The summed E-state index contributed by atoms with van der Waals surface area (Å²) in [4.78, 5) is 2.54. The lowest BCUT2D eigenvalue weighted by molar-refractivity contribution is 0.597. The van der Waals surface area contributed by atoms with Crippen LogP contribution in [-0.4, -0.2) is 0 Å². The Labute approximate surface area is 328 Å². The molecule has 7 aromatic carbocycles. The standard InChI is InChI=1S/C54H43NO/c1-33-30-34-16-6-7-17-35(34)31-49-50(33)52-40(21-14-27-48(52)56-49)39-19-10-13-25-46(39)55(36-28-29-38-37-18-8-11-22-42(37)54(4,5)45(38)32-36)47-26-15-24-44-51(47)41-20-9-12-23-43(41)53(44,2)3/h6-33H,1-5H3/t33-/m0/s1. The Hall–Kier alpha value is -6.38. The highest BCUT2D eigenvalue weighted by Gasteiger charge is 2.39. The molecule has 8 aromatic rings. The van der Waals surface area contributed by atoms with Gasteiger partial charge in [-0.05, 0) is 91.4 Å². The van der Waals surface area contributed by atoms with E-state index in [1.165, 1.54) is 82.7 Å². The van der Waals surface area contributed by atoms with Crippen molar-refractivity contribution in [1.82, 2.24) is 0 Å². The number of furan rings is 1. The first-order valence-corrected chi connectivity index (χ1v) is 19.9. The molecule has 0 N–H and O–H groups in total. The van der Waals surface area contributed by atoms with E-state index in [0.717, 1.165) is 22.7 Å². The first kappa shape index (κ1) is 33.0. The van der Waals surface area contributed by atoms with Crippen molar-refractivity contribution in [1.29, 1.82) is 0 Å². The van der Waals surface area contributed by atoms with Crippen molar-refractivity contribution in [3.05, 3.63) is 196 Å². The van der Waals surface area contributed by atoms with Gasteiger partial charge < -0.3 is 9.32 Å². The summed E-state index contributed by atoms with van der Waals surface area (Å²) in [6, 6.07) is 56.2. The minimum Gasteiger partial charge on any atom is -0.456 e. The maximum Gasteiger partial charge on any atom is 0.135 e. The van der Waals surface area contributed by atoms with E-state index in [4.69, 9.17) is 4.42 Å². The van der Waals surface area contributed by atoms with Crippen LogP contribution >= 0.6 is 0 Å². The van der Waals surface area contributed by atoms with Gasteiger partial charge in [-0.2, -0.15) is 0 Å². The molecule has 1 heterocycles. The smallest absolute Gasteiger partial charge is 0.135 e. The number of para-hydroxylation sites is 1. The van der Waals surface area contributed by atoms with Gasteiger partial charge in [0.25, 0.3) is 0 Å². The van der Waals surface area contributed by atoms with Crippen LogP contribution in [0.5, 0.6) is 0 Å². The van der Waals surface area contributed by atoms with Crippen molar-refractivity contribution in [2.45, 2.75) is 51.4 Å². The van der Waals surface area contributed by atoms with Crippen LogP contribution in [0.1, 0.15) is 74.1 Å². The average Bonchev–Trinajstić information content (AvgIpc) is 3.74. The monoisotopic (exact) mass is 721 g/mol. The SMILES string of the molecule is C[C@H]1C=c2ccccc2=Cc2oc3cccc(-c4ccccc4N(c4ccc5c(c4)C(C)(C)c4ccccc4-5)c4cccc5c4-c4ccccc4C5(C)C)c3c21. The van der Waals surface area contributed by atoms with Crippen LogP contribution in [0.25, 0.3) is 56.5 Å². The average molecular weight is 722 g/mol. The molecular weight excluding hydrogens is 679 g/mol. The lowest BCUT2D eigenvalue weighted by atomic mass is 9.82. The Morgan fingerprint density at radius 3 is 1.91 bits per heavy atom. The van der Waals surface area contributed by atoms with Crippen molar-refractivity contribution in [3.63, 3.8) is 0 Å². The molecule has 0 amide bonds. The normalized spacial score (nSPS) is 16.3. The van der Waals surface area contributed by atoms with Crippen molar-refractivity contribution >= 4 is 40.2 Å². The molecule has 2 heteroatoms. The quantitative estimate of drug-likeness (QED) is 0.180. The van der Waals surface area contributed by atoms with Crippen molar-refractivity contribution in [2.75, 3.05) is 4.90 Å². The summed E-state index contributed by atoms with van der Waals surface area (Å²) in [6.45, 7) is 11.8. The molecule has 270 valence electrons. The highest BCUT2D eigenvalue weighted by molar-refractivity contribution is 6.05. The molecule has 0 radical (unpaired) electrons. The number of hydrogen-bond donors (Lipinski definition) is 0. The largest absolute Gasteiger partial charge is 0.456 e. The third-order valence-corrected chi connectivity index (χ3v) is 13.0. The topological polar surface area (TPSA) is 16.4 Å². The third kappa shape index (κ3) is 4.56. The highest BCUT2D eigenvalue weighted by Crippen LogP contribution is 2.57. The molecule has 3 aliphatic rings. The van der Waals surface area contributed by atoms with E-state index in [9.17, 15) is 0 Å². The summed E-state index contributed by atoms with van der Waals surface area (Å²) in [7, 11) is 0. The number of nitrogens with zero attached hydrogens (tertiary/aromatic N) is 1. The minimum atomic E-state index is -0.138. The first-order chi connectivity index (χ1) is 27.2. The number of rotatable bonds is 4. The van der Waals surface area contributed by atoms with Gasteiger partial charge >= 0.3 is 0 Å². The van der Waals surface area contributed by atoms with Gasteiger partial charge in [0, 0.05) is 44.5 Å². The van der Waals surface area contributed by atoms with Gasteiger partial charge in [-0.1, -0.05) is 162 Å². The van der Waals surface area contributed by atoms with E-state index < -0.39 is 0 Å². The maximum atomic E-state index is 6.77. The third-order valence-electron chi connectivity index (χ3n) is 13.0. The molecule has 0 spiro atoms. The zero-order valence-electron chi connectivity index (χ0n) is 32.5. The summed E-state index contributed by atoms with van der Waals surface area (Å²) in [5.74, 6) is 1.10. The Kier molecular flexibility index (Phi) is 6.96. The van der Waals surface area contributed by atoms with Crippen molar-refractivity contribution < 1.29 is 4.42 Å². The van der Waals surface area contributed by atoms with Crippen molar-refractivity contribution in [2.24, 2.45) is 0 Å². The van der Waals surface area contributed by atoms with E-state index in [1.54, 1.807) is 0 Å². The molecule has 56 heavy (non-hydrogen) atoms. The van der Waals surface area contributed by atoms with Gasteiger partial charge in [-0.25, -0.2) is 0 Å². The second-order valence-corrected chi connectivity index (χ2v) is 16.9. The fraction of sp³-hybridized carbons (Fsp3) is 0.148.